The van der Waals surface area contributed by atoms with Crippen LogP contribution in [-0.4, -0.2) is 51.0 Å². The van der Waals surface area contributed by atoms with E-state index in [4.69, 9.17) is 14.2 Å². The molecule has 3 heterocycles. The van der Waals surface area contributed by atoms with Crippen LogP contribution < -0.4 is 14.8 Å². The topological polar surface area (TPSA) is 60.0 Å². The number of piperidine rings is 3. The zero-order chi connectivity index (χ0) is 24.6. The number of nitrogens with one attached hydrogen (secondary N) is 1. The molecule has 6 rings (SSSR count). The second-order valence-electron chi connectivity index (χ2n) is 10.4. The van der Waals surface area contributed by atoms with Gasteiger partial charge in [-0.25, -0.2) is 4.79 Å². The summed E-state index contributed by atoms with van der Waals surface area (Å²) < 4.78 is 17.1. The maximum Gasteiger partial charge on any atom is 0.407 e. The molecule has 6 nitrogen and oxygen atoms in total. The normalized spacial score (nSPS) is 26.2. The molecular weight excluding hydrogens is 440 g/mol. The third-order valence-corrected chi connectivity index (χ3v) is 8.85. The minimum absolute atomic E-state index is 0.0129. The maximum atomic E-state index is 13.1. The molecule has 0 aromatic heterocycles. The molecule has 2 aromatic rings. The number of carbonyl (C=O) groups excluding carboxylic acids is 1. The first-order valence-electron chi connectivity index (χ1n) is 13.0. The van der Waals surface area contributed by atoms with Crippen LogP contribution in [0.5, 0.6) is 11.5 Å². The Balaban J connectivity index is 1.41. The van der Waals surface area contributed by atoms with Gasteiger partial charge in [0.2, 0.25) is 0 Å². The van der Waals surface area contributed by atoms with Gasteiger partial charge in [0.25, 0.3) is 0 Å². The number of fused-ring (bicyclic) bond motifs is 4. The molecule has 3 aliphatic heterocycles. The number of rotatable bonds is 7. The van der Waals surface area contributed by atoms with E-state index in [0.717, 1.165) is 74.4 Å². The van der Waals surface area contributed by atoms with Gasteiger partial charge in [-0.1, -0.05) is 32.0 Å². The molecule has 2 atom stereocenters. The van der Waals surface area contributed by atoms with E-state index in [1.807, 2.05) is 18.2 Å². The van der Waals surface area contributed by atoms with E-state index >= 15 is 0 Å². The molecule has 2 aromatic carbocycles. The quantitative estimate of drug-likeness (QED) is 0.562. The first-order valence-corrected chi connectivity index (χ1v) is 13.0. The summed E-state index contributed by atoms with van der Waals surface area (Å²) in [5.41, 5.74) is 4.56. The van der Waals surface area contributed by atoms with Crippen LogP contribution in [0, 0.1) is 11.3 Å². The molecule has 4 aliphatic rings. The first-order chi connectivity index (χ1) is 17.0. The molecule has 1 N–H and O–H groups in total. The van der Waals surface area contributed by atoms with Crippen molar-refractivity contribution in [2.45, 2.75) is 58.1 Å². The van der Waals surface area contributed by atoms with E-state index in [0.29, 0.717) is 5.92 Å². The Kier molecular flexibility index (Phi) is 6.67. The van der Waals surface area contributed by atoms with Crippen molar-refractivity contribution in [3.05, 3.63) is 47.5 Å². The van der Waals surface area contributed by atoms with Gasteiger partial charge in [0.15, 0.2) is 0 Å². The van der Waals surface area contributed by atoms with Gasteiger partial charge in [-0.15, -0.1) is 0 Å². The Morgan fingerprint density at radius 1 is 1.06 bits per heavy atom. The first kappa shape index (κ1) is 24.0. The van der Waals surface area contributed by atoms with Gasteiger partial charge in [-0.3, -0.25) is 4.90 Å². The maximum absolute atomic E-state index is 13.1. The highest BCUT2D eigenvalue weighted by atomic mass is 16.6. The Hall–Kier alpha value is -2.73. The van der Waals surface area contributed by atoms with Gasteiger partial charge < -0.3 is 19.5 Å². The third kappa shape index (κ3) is 4.37. The zero-order valence-corrected chi connectivity index (χ0v) is 21.4. The number of alkyl carbamates (subject to hydrolysis) is 1. The monoisotopic (exact) mass is 478 g/mol. The van der Waals surface area contributed by atoms with E-state index in [1.165, 1.54) is 11.1 Å². The van der Waals surface area contributed by atoms with Gasteiger partial charge in [0.05, 0.1) is 20.3 Å². The summed E-state index contributed by atoms with van der Waals surface area (Å²) in [5.74, 6) is 2.12. The van der Waals surface area contributed by atoms with Crippen molar-refractivity contribution in [3.63, 3.8) is 0 Å². The van der Waals surface area contributed by atoms with Crippen LogP contribution in [0.25, 0.3) is 11.1 Å². The van der Waals surface area contributed by atoms with E-state index in [-0.39, 0.29) is 23.7 Å². The number of amides is 1. The smallest absolute Gasteiger partial charge is 0.407 e. The molecule has 35 heavy (non-hydrogen) atoms. The molecule has 6 heteroatoms. The lowest BCUT2D eigenvalue weighted by Crippen LogP contribution is -2.53. The Morgan fingerprint density at radius 2 is 1.83 bits per heavy atom. The third-order valence-electron chi connectivity index (χ3n) is 8.85. The predicted molar refractivity (Wildman–Crippen MR) is 137 cm³/mol. The van der Waals surface area contributed by atoms with Gasteiger partial charge in [0.1, 0.15) is 17.6 Å². The van der Waals surface area contributed by atoms with Crippen LogP contribution in [-0.2, 0) is 11.2 Å². The van der Waals surface area contributed by atoms with E-state index in [1.54, 1.807) is 14.2 Å². The highest BCUT2D eigenvalue weighted by molar-refractivity contribution is 5.74. The van der Waals surface area contributed by atoms with Crippen molar-refractivity contribution < 1.29 is 19.0 Å². The van der Waals surface area contributed by atoms with E-state index in [9.17, 15) is 4.79 Å². The molecule has 0 saturated carbocycles. The number of nitrogens with zero attached hydrogens (tertiary/aromatic N) is 1. The SMILES string of the molecule is CCC1(CC)Cc2cc(-c3cc(OC)ccc3OC)ccc2C1NC(=O)O[C@@H]1CN2CCC1CC2. The lowest BCUT2D eigenvalue weighted by Gasteiger charge is -2.44. The summed E-state index contributed by atoms with van der Waals surface area (Å²) in [6, 6.07) is 12.4. The summed E-state index contributed by atoms with van der Waals surface area (Å²) >= 11 is 0. The summed E-state index contributed by atoms with van der Waals surface area (Å²) in [6.45, 7) is 7.61. The van der Waals surface area contributed by atoms with Gasteiger partial charge in [-0.05, 0) is 91.4 Å². The average Bonchev–Trinajstić information content (AvgIpc) is 3.21. The van der Waals surface area contributed by atoms with Crippen molar-refractivity contribution in [1.29, 1.82) is 0 Å². The number of ether oxygens (including phenoxy) is 3. The Labute approximate surface area is 208 Å². The molecular formula is C29H38N2O4. The fourth-order valence-corrected chi connectivity index (χ4v) is 6.53. The molecule has 0 spiro atoms. The largest absolute Gasteiger partial charge is 0.497 e. The minimum atomic E-state index is -0.272. The van der Waals surface area contributed by atoms with Crippen molar-refractivity contribution in [3.8, 4) is 22.6 Å². The standard InChI is InChI=1S/C29H38N2O4/c1-5-29(6-2)17-21-15-20(24-16-22(33-3)8-10-25(24)34-4)7-9-23(21)27(29)30-28(32)35-26-18-31-13-11-19(26)12-14-31/h7-10,15-16,19,26-27H,5-6,11-14,17-18H2,1-4H3,(H,30,32)/t26-,27?/m1/s1. The zero-order valence-electron chi connectivity index (χ0n) is 21.4. The molecule has 3 saturated heterocycles. The van der Waals surface area contributed by atoms with Crippen molar-refractivity contribution in [2.24, 2.45) is 11.3 Å². The lowest BCUT2D eigenvalue weighted by molar-refractivity contribution is -0.0353. The predicted octanol–water partition coefficient (Wildman–Crippen LogP) is 5.59. The fourth-order valence-electron chi connectivity index (χ4n) is 6.53. The summed E-state index contributed by atoms with van der Waals surface area (Å²) in [4.78, 5) is 15.5. The highest BCUT2D eigenvalue weighted by Crippen LogP contribution is 2.51. The summed E-state index contributed by atoms with van der Waals surface area (Å²) in [5, 5.41) is 3.31. The summed E-state index contributed by atoms with van der Waals surface area (Å²) in [6.07, 6.45) is 4.91. The van der Waals surface area contributed by atoms with Crippen molar-refractivity contribution in [2.75, 3.05) is 33.9 Å². The van der Waals surface area contributed by atoms with E-state index in [2.05, 4.69) is 42.3 Å². The molecule has 3 fully saturated rings. The second kappa shape index (κ2) is 9.73. The van der Waals surface area contributed by atoms with Crippen molar-refractivity contribution in [1.82, 2.24) is 10.2 Å². The minimum Gasteiger partial charge on any atom is -0.497 e. The average molecular weight is 479 g/mol. The van der Waals surface area contributed by atoms with Crippen LogP contribution in [0.1, 0.15) is 56.7 Å². The van der Waals surface area contributed by atoms with Crippen molar-refractivity contribution >= 4 is 6.09 Å². The number of benzene rings is 2. The van der Waals surface area contributed by atoms with Crippen LogP contribution in [0.4, 0.5) is 4.79 Å². The lowest BCUT2D eigenvalue weighted by atomic mass is 9.76. The number of carbonyl (C=O) groups is 1. The van der Waals surface area contributed by atoms with Crippen LogP contribution in [0.3, 0.4) is 0 Å². The molecule has 1 aliphatic carbocycles. The number of methoxy groups -OCH3 is 2. The van der Waals surface area contributed by atoms with Crippen LogP contribution in [0.2, 0.25) is 0 Å². The second-order valence-corrected chi connectivity index (χ2v) is 10.4. The molecule has 1 unspecified atom stereocenters. The van der Waals surface area contributed by atoms with Gasteiger partial charge in [0, 0.05) is 12.1 Å². The Morgan fingerprint density at radius 3 is 2.46 bits per heavy atom. The fraction of sp³-hybridized carbons (Fsp3) is 0.552. The Bertz CT molecular complexity index is 1070. The van der Waals surface area contributed by atoms with Gasteiger partial charge in [-0.2, -0.15) is 0 Å². The molecule has 0 radical (unpaired) electrons. The molecule has 2 bridgehead atoms. The van der Waals surface area contributed by atoms with E-state index < -0.39 is 0 Å². The van der Waals surface area contributed by atoms with Gasteiger partial charge >= 0.3 is 6.09 Å². The van der Waals surface area contributed by atoms with Crippen LogP contribution in [0.15, 0.2) is 36.4 Å². The number of hydrogen-bond acceptors (Lipinski definition) is 5. The molecule has 1 amide bonds. The molecule has 188 valence electrons. The highest BCUT2D eigenvalue weighted by Gasteiger charge is 2.45. The number of hydrogen-bond donors (Lipinski definition) is 1. The van der Waals surface area contributed by atoms with Crippen LogP contribution >= 0.6 is 0 Å². The summed E-state index contributed by atoms with van der Waals surface area (Å²) in [7, 11) is 3.37.